The standard InChI is InChI=1S/C16H27N3/c1-5-11-19(12-13-9-10-13)15-8-6-7-14(17-15)18-16(2,3)4/h6-8,13H,5,9-12H2,1-4H3,(H,17,18). The van der Waals surface area contributed by atoms with Gasteiger partial charge < -0.3 is 10.2 Å². The number of anilines is 2. The number of rotatable bonds is 6. The van der Waals surface area contributed by atoms with E-state index < -0.39 is 0 Å². The van der Waals surface area contributed by atoms with Crippen molar-refractivity contribution in [1.82, 2.24) is 4.98 Å². The molecule has 1 aromatic heterocycles. The molecule has 1 heterocycles. The van der Waals surface area contributed by atoms with Gasteiger partial charge in [-0.15, -0.1) is 0 Å². The predicted molar refractivity (Wildman–Crippen MR) is 82.8 cm³/mol. The van der Waals surface area contributed by atoms with E-state index in [1.54, 1.807) is 0 Å². The Morgan fingerprint density at radius 2 is 2.05 bits per heavy atom. The molecule has 0 bridgehead atoms. The van der Waals surface area contributed by atoms with E-state index in [4.69, 9.17) is 4.98 Å². The van der Waals surface area contributed by atoms with Gasteiger partial charge in [-0.25, -0.2) is 4.98 Å². The minimum atomic E-state index is 0.0533. The second kappa shape index (κ2) is 5.81. The molecular formula is C16H27N3. The van der Waals surface area contributed by atoms with Crippen LogP contribution in [-0.4, -0.2) is 23.6 Å². The van der Waals surface area contributed by atoms with Crippen molar-refractivity contribution in [3.05, 3.63) is 18.2 Å². The zero-order chi connectivity index (χ0) is 13.9. The van der Waals surface area contributed by atoms with Gasteiger partial charge in [0.15, 0.2) is 0 Å². The lowest BCUT2D eigenvalue weighted by molar-refractivity contribution is 0.629. The number of aromatic nitrogens is 1. The molecule has 0 spiro atoms. The third-order valence-corrected chi connectivity index (χ3v) is 3.23. The van der Waals surface area contributed by atoms with Crippen LogP contribution in [0.5, 0.6) is 0 Å². The first kappa shape index (κ1) is 14.2. The summed E-state index contributed by atoms with van der Waals surface area (Å²) >= 11 is 0. The molecule has 3 nitrogen and oxygen atoms in total. The van der Waals surface area contributed by atoms with Crippen LogP contribution in [0.3, 0.4) is 0 Å². The van der Waals surface area contributed by atoms with Crippen molar-refractivity contribution in [1.29, 1.82) is 0 Å². The van der Waals surface area contributed by atoms with Crippen molar-refractivity contribution in [2.75, 3.05) is 23.3 Å². The summed E-state index contributed by atoms with van der Waals surface area (Å²) in [6.45, 7) is 11.0. The van der Waals surface area contributed by atoms with Gasteiger partial charge >= 0.3 is 0 Å². The summed E-state index contributed by atoms with van der Waals surface area (Å²) in [5, 5.41) is 3.45. The lowest BCUT2D eigenvalue weighted by Crippen LogP contribution is -2.29. The third-order valence-electron chi connectivity index (χ3n) is 3.23. The minimum Gasteiger partial charge on any atom is -0.365 e. The highest BCUT2D eigenvalue weighted by Crippen LogP contribution is 2.31. The minimum absolute atomic E-state index is 0.0533. The maximum absolute atomic E-state index is 4.77. The van der Waals surface area contributed by atoms with Crippen LogP contribution in [0.2, 0.25) is 0 Å². The molecule has 0 unspecified atom stereocenters. The van der Waals surface area contributed by atoms with Crippen molar-refractivity contribution in [3.63, 3.8) is 0 Å². The Bertz CT molecular complexity index is 405. The molecule has 1 N–H and O–H groups in total. The highest BCUT2D eigenvalue weighted by atomic mass is 15.2. The highest BCUT2D eigenvalue weighted by molar-refractivity contribution is 5.48. The summed E-state index contributed by atoms with van der Waals surface area (Å²) in [6.07, 6.45) is 3.95. The van der Waals surface area contributed by atoms with E-state index in [-0.39, 0.29) is 5.54 Å². The van der Waals surface area contributed by atoms with E-state index in [0.29, 0.717) is 0 Å². The van der Waals surface area contributed by atoms with Gasteiger partial charge in [-0.2, -0.15) is 0 Å². The van der Waals surface area contributed by atoms with Crippen molar-refractivity contribution in [2.45, 2.75) is 52.5 Å². The van der Waals surface area contributed by atoms with Crippen LogP contribution in [0.1, 0.15) is 47.0 Å². The van der Waals surface area contributed by atoms with Crippen molar-refractivity contribution in [3.8, 4) is 0 Å². The average molecular weight is 261 g/mol. The lowest BCUT2D eigenvalue weighted by atomic mass is 10.1. The Morgan fingerprint density at radius 1 is 1.32 bits per heavy atom. The SMILES string of the molecule is CCCN(CC1CC1)c1cccc(NC(C)(C)C)n1. The summed E-state index contributed by atoms with van der Waals surface area (Å²) in [4.78, 5) is 7.21. The van der Waals surface area contributed by atoms with E-state index in [2.05, 4.69) is 56.1 Å². The molecule has 0 amide bonds. The van der Waals surface area contributed by atoms with Gasteiger partial charge in [0.1, 0.15) is 11.6 Å². The van der Waals surface area contributed by atoms with Crippen molar-refractivity contribution >= 4 is 11.6 Å². The molecule has 0 aromatic carbocycles. The fourth-order valence-corrected chi connectivity index (χ4v) is 2.23. The summed E-state index contributed by atoms with van der Waals surface area (Å²) in [5.41, 5.74) is 0.0533. The molecule has 0 aliphatic heterocycles. The topological polar surface area (TPSA) is 28.2 Å². The summed E-state index contributed by atoms with van der Waals surface area (Å²) in [7, 11) is 0. The molecule has 3 heteroatoms. The normalized spacial score (nSPS) is 15.4. The van der Waals surface area contributed by atoms with Gasteiger partial charge in [0, 0.05) is 18.6 Å². The summed E-state index contributed by atoms with van der Waals surface area (Å²) in [5.74, 6) is 2.98. The summed E-state index contributed by atoms with van der Waals surface area (Å²) < 4.78 is 0. The number of hydrogen-bond acceptors (Lipinski definition) is 3. The van der Waals surface area contributed by atoms with Crippen molar-refractivity contribution in [2.24, 2.45) is 5.92 Å². The molecule has 106 valence electrons. The first-order chi connectivity index (χ1) is 8.98. The molecule has 1 fully saturated rings. The first-order valence-electron chi connectivity index (χ1n) is 7.48. The van der Waals surface area contributed by atoms with Gasteiger partial charge in [-0.3, -0.25) is 0 Å². The molecule has 1 aromatic rings. The first-order valence-corrected chi connectivity index (χ1v) is 7.48. The Balaban J connectivity index is 2.09. The van der Waals surface area contributed by atoms with Gasteiger partial charge in [-0.1, -0.05) is 13.0 Å². The molecule has 0 atom stereocenters. The van der Waals surface area contributed by atoms with E-state index in [9.17, 15) is 0 Å². The third kappa shape index (κ3) is 4.73. The quantitative estimate of drug-likeness (QED) is 0.841. The second-order valence-electron chi connectivity index (χ2n) is 6.65. The molecule has 1 aliphatic carbocycles. The molecule has 0 radical (unpaired) electrons. The molecule has 1 saturated carbocycles. The van der Waals surface area contributed by atoms with Crippen LogP contribution in [0, 0.1) is 5.92 Å². The maximum atomic E-state index is 4.77. The number of nitrogens with one attached hydrogen (secondary N) is 1. The Morgan fingerprint density at radius 3 is 2.63 bits per heavy atom. The Hall–Kier alpha value is -1.25. The smallest absolute Gasteiger partial charge is 0.130 e. The Kier molecular flexibility index (Phi) is 4.33. The van der Waals surface area contributed by atoms with Gasteiger partial charge in [0.05, 0.1) is 0 Å². The van der Waals surface area contributed by atoms with E-state index >= 15 is 0 Å². The fraction of sp³-hybridized carbons (Fsp3) is 0.688. The molecule has 0 saturated heterocycles. The zero-order valence-electron chi connectivity index (χ0n) is 12.7. The number of nitrogens with zero attached hydrogens (tertiary/aromatic N) is 2. The van der Waals surface area contributed by atoms with Gasteiger partial charge in [0.25, 0.3) is 0 Å². The average Bonchev–Trinajstić information content (AvgIpc) is 3.10. The van der Waals surface area contributed by atoms with Crippen LogP contribution in [0.25, 0.3) is 0 Å². The van der Waals surface area contributed by atoms with Crippen LogP contribution in [-0.2, 0) is 0 Å². The predicted octanol–water partition coefficient (Wildman–Crippen LogP) is 3.92. The zero-order valence-corrected chi connectivity index (χ0v) is 12.7. The summed E-state index contributed by atoms with van der Waals surface area (Å²) in [6, 6.07) is 6.29. The largest absolute Gasteiger partial charge is 0.365 e. The number of hydrogen-bond donors (Lipinski definition) is 1. The monoisotopic (exact) mass is 261 g/mol. The van der Waals surface area contributed by atoms with Crippen LogP contribution >= 0.6 is 0 Å². The Labute approximate surface area is 117 Å². The maximum Gasteiger partial charge on any atom is 0.130 e. The molecule has 1 aliphatic rings. The van der Waals surface area contributed by atoms with Crippen LogP contribution < -0.4 is 10.2 Å². The second-order valence-corrected chi connectivity index (χ2v) is 6.65. The van der Waals surface area contributed by atoms with E-state index in [1.165, 1.54) is 25.8 Å². The molecule has 2 rings (SSSR count). The van der Waals surface area contributed by atoms with Crippen LogP contribution in [0.4, 0.5) is 11.6 Å². The molecular weight excluding hydrogens is 234 g/mol. The van der Waals surface area contributed by atoms with Crippen LogP contribution in [0.15, 0.2) is 18.2 Å². The number of pyridine rings is 1. The molecule has 19 heavy (non-hydrogen) atoms. The van der Waals surface area contributed by atoms with Gasteiger partial charge in [-0.05, 0) is 58.1 Å². The fourth-order valence-electron chi connectivity index (χ4n) is 2.23. The van der Waals surface area contributed by atoms with E-state index in [1.807, 2.05) is 0 Å². The van der Waals surface area contributed by atoms with E-state index in [0.717, 1.165) is 24.1 Å². The van der Waals surface area contributed by atoms with Crippen molar-refractivity contribution < 1.29 is 0 Å². The lowest BCUT2D eigenvalue weighted by Gasteiger charge is -2.26. The highest BCUT2D eigenvalue weighted by Gasteiger charge is 2.24. The van der Waals surface area contributed by atoms with Gasteiger partial charge in [0.2, 0.25) is 0 Å².